The average Bonchev–Trinajstić information content (AvgIpc) is 3.20. The van der Waals surface area contributed by atoms with E-state index in [1.807, 2.05) is 0 Å². The molecule has 0 aliphatic heterocycles. The molecule has 0 N–H and O–H groups in total. The fourth-order valence-corrected chi connectivity index (χ4v) is 8.80. The van der Waals surface area contributed by atoms with Gasteiger partial charge in [-0.1, -0.05) is 242 Å². The summed E-state index contributed by atoms with van der Waals surface area (Å²) in [7, 11) is 0. The van der Waals surface area contributed by atoms with E-state index in [2.05, 4.69) is 88.4 Å². The molecule has 0 spiro atoms. The van der Waals surface area contributed by atoms with Gasteiger partial charge >= 0.3 is 0 Å². The summed E-state index contributed by atoms with van der Waals surface area (Å²) in [6.07, 6.45) is 43.2. The highest BCUT2D eigenvalue weighted by molar-refractivity contribution is 5.89. The van der Waals surface area contributed by atoms with E-state index in [1.165, 1.54) is 222 Å². The van der Waals surface area contributed by atoms with E-state index in [0.717, 1.165) is 0 Å². The highest BCUT2D eigenvalue weighted by Crippen LogP contribution is 2.41. The maximum Gasteiger partial charge on any atom is -0.00677 e. The second-order valence-corrected chi connectivity index (χ2v) is 16.9. The first-order valence-electron chi connectivity index (χ1n) is 24.1. The Morgan fingerprint density at radius 2 is 0.593 bits per heavy atom. The lowest BCUT2D eigenvalue weighted by Crippen LogP contribution is -2.04. The van der Waals surface area contributed by atoms with Crippen molar-refractivity contribution in [2.45, 2.75) is 233 Å². The van der Waals surface area contributed by atoms with Gasteiger partial charge in [-0.25, -0.2) is 0 Å². The number of aryl methyl sites for hydroxylation is 3. The summed E-state index contributed by atoms with van der Waals surface area (Å²) in [4.78, 5) is 0. The Labute approximate surface area is 337 Å². The molecule has 3 rings (SSSR count). The molecule has 0 heteroatoms. The molecular formula is C54H86. The monoisotopic (exact) mass is 735 g/mol. The Balaban J connectivity index is 1.99. The number of rotatable bonds is 34. The predicted octanol–water partition coefficient (Wildman–Crippen LogP) is 18.2. The van der Waals surface area contributed by atoms with E-state index in [0.29, 0.717) is 0 Å². The molecule has 0 aromatic heterocycles. The van der Waals surface area contributed by atoms with Crippen molar-refractivity contribution < 1.29 is 0 Å². The molecule has 0 saturated heterocycles. The van der Waals surface area contributed by atoms with Gasteiger partial charge in [-0.3, -0.25) is 0 Å². The second-order valence-electron chi connectivity index (χ2n) is 16.9. The molecular weight excluding hydrogens is 649 g/mol. The highest BCUT2D eigenvalue weighted by atomic mass is 14.2. The number of hydrogen-bond acceptors (Lipinski definition) is 0. The van der Waals surface area contributed by atoms with Gasteiger partial charge in [-0.15, -0.1) is 0 Å². The summed E-state index contributed by atoms with van der Waals surface area (Å²) in [5, 5.41) is 0. The molecule has 0 aliphatic carbocycles. The van der Waals surface area contributed by atoms with E-state index in [9.17, 15) is 0 Å². The smallest absolute Gasteiger partial charge is 0.00677 e. The molecule has 3 aromatic carbocycles. The van der Waals surface area contributed by atoms with Gasteiger partial charge in [0, 0.05) is 0 Å². The molecule has 0 radical (unpaired) electrons. The molecule has 0 nitrogen and oxygen atoms in total. The lowest BCUT2D eigenvalue weighted by Gasteiger charge is -2.23. The highest BCUT2D eigenvalue weighted by Gasteiger charge is 2.20. The molecule has 0 amide bonds. The maximum absolute atomic E-state index is 2.58. The van der Waals surface area contributed by atoms with Gasteiger partial charge in [0.25, 0.3) is 0 Å². The average molecular weight is 735 g/mol. The molecule has 302 valence electrons. The Bertz CT molecular complexity index is 1330. The zero-order valence-electron chi connectivity index (χ0n) is 36.4. The molecule has 0 atom stereocenters. The number of hydrogen-bond donors (Lipinski definition) is 0. The van der Waals surface area contributed by atoms with Crippen molar-refractivity contribution in [3.05, 3.63) is 82.9 Å². The minimum absolute atomic E-state index is 1.19. The standard InChI is InChI=1S/C54H86/c1-5-9-13-17-21-25-29-37-47-40-33-35-42-50(47)53-46-45-49(39-31-27-23-19-15-11-7-3)52(43-32-28-24-20-16-12-8-4)54(53)51-44-36-34-41-48(51)38-30-26-22-18-14-10-6-2/h33-36,40-42,44-46H,5-32,37-39,43H2,1-4H3. The fourth-order valence-electron chi connectivity index (χ4n) is 8.80. The first-order chi connectivity index (χ1) is 26.7. The number of benzene rings is 3. The number of unbranched alkanes of at least 4 members (excludes halogenated alkanes) is 24. The SMILES string of the molecule is CCCCCCCCCc1ccccc1-c1ccc(CCCCCCCCC)c(CCCCCCCCC)c1-c1ccccc1CCCCCCCCC. The van der Waals surface area contributed by atoms with Gasteiger partial charge in [0.05, 0.1) is 0 Å². The molecule has 0 bridgehead atoms. The van der Waals surface area contributed by atoms with Crippen LogP contribution in [0.4, 0.5) is 0 Å². The van der Waals surface area contributed by atoms with Crippen molar-refractivity contribution >= 4 is 0 Å². The summed E-state index contributed by atoms with van der Waals surface area (Å²) in [6, 6.07) is 24.3. The Morgan fingerprint density at radius 3 is 1.04 bits per heavy atom. The Hall–Kier alpha value is -2.34. The summed E-state index contributed by atoms with van der Waals surface area (Å²) < 4.78 is 0. The van der Waals surface area contributed by atoms with Crippen LogP contribution in [0, 0.1) is 0 Å². The van der Waals surface area contributed by atoms with E-state index in [-0.39, 0.29) is 0 Å². The minimum Gasteiger partial charge on any atom is -0.0654 e. The third-order valence-electron chi connectivity index (χ3n) is 12.2. The quantitative estimate of drug-likeness (QED) is 0.0536. The first kappa shape index (κ1) is 46.0. The molecule has 0 fully saturated rings. The molecule has 0 heterocycles. The largest absolute Gasteiger partial charge is 0.0654 e. The van der Waals surface area contributed by atoms with Crippen LogP contribution < -0.4 is 0 Å². The van der Waals surface area contributed by atoms with Crippen molar-refractivity contribution in [2.75, 3.05) is 0 Å². The van der Waals surface area contributed by atoms with Crippen LogP contribution in [-0.4, -0.2) is 0 Å². The Kier molecular flexibility index (Phi) is 26.3. The van der Waals surface area contributed by atoms with Crippen molar-refractivity contribution in [3.8, 4) is 22.3 Å². The maximum atomic E-state index is 2.58. The van der Waals surface area contributed by atoms with Crippen molar-refractivity contribution in [1.29, 1.82) is 0 Å². The van der Waals surface area contributed by atoms with E-state index < -0.39 is 0 Å². The van der Waals surface area contributed by atoms with E-state index >= 15 is 0 Å². The molecule has 0 aliphatic rings. The van der Waals surface area contributed by atoms with Gasteiger partial charge in [0.1, 0.15) is 0 Å². The van der Waals surface area contributed by atoms with Gasteiger partial charge in [0.15, 0.2) is 0 Å². The van der Waals surface area contributed by atoms with E-state index in [4.69, 9.17) is 0 Å². The van der Waals surface area contributed by atoms with E-state index in [1.54, 1.807) is 27.8 Å². The van der Waals surface area contributed by atoms with Crippen LogP contribution in [0.15, 0.2) is 60.7 Å². The Morgan fingerprint density at radius 1 is 0.259 bits per heavy atom. The van der Waals surface area contributed by atoms with Crippen LogP contribution in [-0.2, 0) is 25.7 Å². The molecule has 0 unspecified atom stereocenters. The van der Waals surface area contributed by atoms with Crippen molar-refractivity contribution in [3.63, 3.8) is 0 Å². The lowest BCUT2D eigenvalue weighted by atomic mass is 9.81. The lowest BCUT2D eigenvalue weighted by molar-refractivity contribution is 0.583. The normalized spacial score (nSPS) is 11.5. The molecule has 54 heavy (non-hydrogen) atoms. The summed E-state index contributed by atoms with van der Waals surface area (Å²) in [6.45, 7) is 9.31. The molecule has 3 aromatic rings. The van der Waals surface area contributed by atoms with Crippen molar-refractivity contribution in [2.24, 2.45) is 0 Å². The van der Waals surface area contributed by atoms with Crippen LogP contribution in [0.2, 0.25) is 0 Å². The van der Waals surface area contributed by atoms with Crippen LogP contribution in [0.5, 0.6) is 0 Å². The van der Waals surface area contributed by atoms with Gasteiger partial charge in [0.2, 0.25) is 0 Å². The fraction of sp³-hybridized carbons (Fsp3) is 0.667. The van der Waals surface area contributed by atoms with Gasteiger partial charge in [-0.2, -0.15) is 0 Å². The zero-order valence-corrected chi connectivity index (χ0v) is 36.4. The third-order valence-corrected chi connectivity index (χ3v) is 12.2. The van der Waals surface area contributed by atoms with Crippen LogP contribution in [0.25, 0.3) is 22.3 Å². The van der Waals surface area contributed by atoms with Crippen LogP contribution in [0.3, 0.4) is 0 Å². The topological polar surface area (TPSA) is 0 Å². The summed E-state index contributed by atoms with van der Waals surface area (Å²) in [5.41, 5.74) is 12.6. The summed E-state index contributed by atoms with van der Waals surface area (Å²) >= 11 is 0. The molecule has 0 saturated carbocycles. The van der Waals surface area contributed by atoms with Gasteiger partial charge in [-0.05, 0) is 95.9 Å². The summed E-state index contributed by atoms with van der Waals surface area (Å²) in [5.74, 6) is 0. The van der Waals surface area contributed by atoms with Crippen molar-refractivity contribution in [1.82, 2.24) is 0 Å². The zero-order chi connectivity index (χ0) is 38.3. The first-order valence-corrected chi connectivity index (χ1v) is 24.1. The van der Waals surface area contributed by atoms with Gasteiger partial charge < -0.3 is 0 Å². The van der Waals surface area contributed by atoms with Crippen LogP contribution in [0.1, 0.15) is 230 Å². The second kappa shape index (κ2) is 30.8. The third kappa shape index (κ3) is 18.1. The predicted molar refractivity (Wildman–Crippen MR) is 244 cm³/mol. The minimum atomic E-state index is 1.19. The van der Waals surface area contributed by atoms with Crippen LogP contribution >= 0.6 is 0 Å².